The number of nitrogens with two attached hydrogens (primary N) is 1. The van der Waals surface area contributed by atoms with Crippen molar-refractivity contribution in [2.75, 3.05) is 37.7 Å². The van der Waals surface area contributed by atoms with E-state index in [2.05, 4.69) is 18.7 Å². The monoisotopic (exact) mass is 232 g/mol. The van der Waals surface area contributed by atoms with Crippen LogP contribution in [0.5, 0.6) is 0 Å². The zero-order valence-electron chi connectivity index (χ0n) is 10.00. The summed E-state index contributed by atoms with van der Waals surface area (Å²) in [5.41, 5.74) is 6.16. The summed E-state index contributed by atoms with van der Waals surface area (Å²) in [7, 11) is -0.568. The van der Waals surface area contributed by atoms with E-state index in [1.54, 1.807) is 0 Å². The Labute approximate surface area is 95.9 Å². The lowest BCUT2D eigenvalue weighted by molar-refractivity contribution is 0.153. The zero-order valence-corrected chi connectivity index (χ0v) is 10.8. The van der Waals surface area contributed by atoms with Crippen LogP contribution in [0.25, 0.3) is 0 Å². The number of hydrogen-bond acceptors (Lipinski definition) is 3. The molecule has 90 valence electrons. The quantitative estimate of drug-likeness (QED) is 0.763. The molecule has 2 N–H and O–H groups in total. The molecule has 0 unspecified atom stereocenters. The maximum absolute atomic E-state index is 11.2. The van der Waals surface area contributed by atoms with Crippen molar-refractivity contribution < 1.29 is 4.21 Å². The number of hydrogen-bond donors (Lipinski definition) is 1. The lowest BCUT2D eigenvalue weighted by atomic mass is 9.82. The first-order chi connectivity index (χ1) is 7.15. The average molecular weight is 232 g/mol. The first-order valence-corrected chi connectivity index (χ1v) is 7.42. The molecule has 0 aromatic carbocycles. The Morgan fingerprint density at radius 2 is 1.80 bits per heavy atom. The van der Waals surface area contributed by atoms with Crippen LogP contribution in [0.1, 0.15) is 26.7 Å². The number of nitrogens with zero attached hydrogens (tertiary/aromatic N) is 1. The van der Waals surface area contributed by atoms with Gasteiger partial charge in [-0.15, -0.1) is 0 Å². The lowest BCUT2D eigenvalue weighted by Gasteiger charge is -2.37. The molecule has 0 spiro atoms. The smallest absolute Gasteiger partial charge is 0.0363 e. The Balaban J connectivity index is 2.48. The minimum atomic E-state index is -0.568. The average Bonchev–Trinajstić information content (AvgIpc) is 2.29. The highest BCUT2D eigenvalue weighted by Gasteiger charge is 2.28. The van der Waals surface area contributed by atoms with E-state index in [0.717, 1.165) is 50.5 Å². The van der Waals surface area contributed by atoms with Crippen LogP contribution < -0.4 is 5.73 Å². The first-order valence-electron chi connectivity index (χ1n) is 5.93. The lowest BCUT2D eigenvalue weighted by Crippen LogP contribution is -2.46. The molecule has 0 saturated carbocycles. The topological polar surface area (TPSA) is 46.3 Å². The molecule has 1 saturated heterocycles. The van der Waals surface area contributed by atoms with E-state index < -0.39 is 10.8 Å². The summed E-state index contributed by atoms with van der Waals surface area (Å²) in [5.74, 6) is 1.68. The Morgan fingerprint density at radius 1 is 1.27 bits per heavy atom. The summed E-state index contributed by atoms with van der Waals surface area (Å²) in [5, 5.41) is 0. The summed E-state index contributed by atoms with van der Waals surface area (Å²) in [4.78, 5) is 2.43. The molecule has 1 aliphatic heterocycles. The van der Waals surface area contributed by atoms with Gasteiger partial charge in [0.2, 0.25) is 0 Å². The van der Waals surface area contributed by atoms with Crippen LogP contribution in [0.3, 0.4) is 0 Å². The van der Waals surface area contributed by atoms with Gasteiger partial charge in [-0.1, -0.05) is 13.8 Å². The molecular formula is C11H24N2OS. The van der Waals surface area contributed by atoms with Crippen molar-refractivity contribution in [3.8, 4) is 0 Å². The highest BCUT2D eigenvalue weighted by molar-refractivity contribution is 7.85. The van der Waals surface area contributed by atoms with Gasteiger partial charge in [0.05, 0.1) is 0 Å². The standard InChI is InChI=1S/C11H24N2OS/c1-3-11(4-2,9-12)10-13-5-7-15(14)8-6-13/h3-10,12H2,1-2H3. The molecular weight excluding hydrogens is 208 g/mol. The molecule has 1 rings (SSSR count). The second-order valence-corrected chi connectivity index (χ2v) is 6.23. The van der Waals surface area contributed by atoms with Gasteiger partial charge >= 0.3 is 0 Å². The maximum Gasteiger partial charge on any atom is 0.0363 e. The molecule has 0 aromatic heterocycles. The largest absolute Gasteiger partial charge is 0.330 e. The molecule has 0 amide bonds. The molecule has 0 aromatic rings. The second kappa shape index (κ2) is 5.97. The summed E-state index contributed by atoms with van der Waals surface area (Å²) < 4.78 is 11.2. The van der Waals surface area contributed by atoms with Crippen LogP contribution in [-0.4, -0.2) is 46.8 Å². The molecule has 0 atom stereocenters. The van der Waals surface area contributed by atoms with Crippen molar-refractivity contribution in [2.24, 2.45) is 11.1 Å². The van der Waals surface area contributed by atoms with E-state index in [0.29, 0.717) is 0 Å². The molecule has 1 heterocycles. The van der Waals surface area contributed by atoms with E-state index in [1.165, 1.54) is 0 Å². The molecule has 0 radical (unpaired) electrons. The van der Waals surface area contributed by atoms with E-state index in [1.807, 2.05) is 0 Å². The third-order valence-corrected chi connectivity index (χ3v) is 5.04. The predicted octanol–water partition coefficient (Wildman–Crippen LogP) is 0.816. The van der Waals surface area contributed by atoms with E-state index in [9.17, 15) is 4.21 Å². The summed E-state index contributed by atoms with van der Waals surface area (Å²) in [6.07, 6.45) is 2.28. The zero-order chi connectivity index (χ0) is 11.3. The van der Waals surface area contributed by atoms with Crippen LogP contribution in [0.2, 0.25) is 0 Å². The molecule has 4 heteroatoms. The fourth-order valence-corrected chi connectivity index (χ4v) is 3.26. The Bertz CT molecular complexity index is 198. The molecule has 1 aliphatic rings. The van der Waals surface area contributed by atoms with Gasteiger partial charge in [0, 0.05) is 41.9 Å². The maximum atomic E-state index is 11.2. The van der Waals surface area contributed by atoms with E-state index in [4.69, 9.17) is 5.73 Å². The van der Waals surface area contributed by atoms with Gasteiger partial charge in [0.25, 0.3) is 0 Å². The van der Waals surface area contributed by atoms with Crippen molar-refractivity contribution >= 4 is 10.8 Å². The third-order valence-electron chi connectivity index (χ3n) is 3.76. The van der Waals surface area contributed by atoms with Gasteiger partial charge in [-0.05, 0) is 24.8 Å². The minimum Gasteiger partial charge on any atom is -0.330 e. The fraction of sp³-hybridized carbons (Fsp3) is 1.00. The highest BCUT2D eigenvalue weighted by Crippen LogP contribution is 2.26. The summed E-state index contributed by atoms with van der Waals surface area (Å²) >= 11 is 0. The molecule has 3 nitrogen and oxygen atoms in total. The third kappa shape index (κ3) is 3.54. The van der Waals surface area contributed by atoms with Gasteiger partial charge in [-0.25, -0.2) is 0 Å². The Hall–Kier alpha value is 0.0700. The predicted molar refractivity (Wildman–Crippen MR) is 66.4 cm³/mol. The van der Waals surface area contributed by atoms with Gasteiger partial charge in [0.15, 0.2) is 0 Å². The summed E-state index contributed by atoms with van der Waals surface area (Å²) in [6.45, 7) is 8.24. The van der Waals surface area contributed by atoms with Crippen LogP contribution in [0, 0.1) is 5.41 Å². The first kappa shape index (κ1) is 13.1. The SMILES string of the molecule is CCC(CC)(CN)CN1CCS(=O)CC1. The Kier molecular flexibility index (Phi) is 5.23. The Morgan fingerprint density at radius 3 is 2.20 bits per heavy atom. The molecule has 15 heavy (non-hydrogen) atoms. The van der Waals surface area contributed by atoms with Gasteiger partial charge < -0.3 is 10.6 Å². The molecule has 0 aliphatic carbocycles. The van der Waals surface area contributed by atoms with Crippen LogP contribution >= 0.6 is 0 Å². The minimum absolute atomic E-state index is 0.277. The van der Waals surface area contributed by atoms with E-state index in [-0.39, 0.29) is 5.41 Å². The van der Waals surface area contributed by atoms with Crippen molar-refractivity contribution in [3.63, 3.8) is 0 Å². The number of rotatable bonds is 5. The van der Waals surface area contributed by atoms with Crippen molar-refractivity contribution in [1.82, 2.24) is 4.90 Å². The molecule has 0 bridgehead atoms. The van der Waals surface area contributed by atoms with E-state index >= 15 is 0 Å². The van der Waals surface area contributed by atoms with Crippen LogP contribution in [0.15, 0.2) is 0 Å². The summed E-state index contributed by atoms with van der Waals surface area (Å²) in [6, 6.07) is 0. The van der Waals surface area contributed by atoms with Gasteiger partial charge in [0.1, 0.15) is 0 Å². The van der Waals surface area contributed by atoms with Crippen molar-refractivity contribution in [2.45, 2.75) is 26.7 Å². The van der Waals surface area contributed by atoms with Gasteiger partial charge in [-0.2, -0.15) is 0 Å². The van der Waals surface area contributed by atoms with Crippen molar-refractivity contribution in [1.29, 1.82) is 0 Å². The van der Waals surface area contributed by atoms with Crippen LogP contribution in [0.4, 0.5) is 0 Å². The van der Waals surface area contributed by atoms with Gasteiger partial charge in [-0.3, -0.25) is 4.21 Å². The highest BCUT2D eigenvalue weighted by atomic mass is 32.2. The normalized spacial score (nSPS) is 20.7. The van der Waals surface area contributed by atoms with Crippen molar-refractivity contribution in [3.05, 3.63) is 0 Å². The second-order valence-electron chi connectivity index (χ2n) is 4.54. The van der Waals surface area contributed by atoms with Crippen LogP contribution in [-0.2, 0) is 10.8 Å². The molecule has 1 fully saturated rings. The fourth-order valence-electron chi connectivity index (χ4n) is 2.13.